The lowest BCUT2D eigenvalue weighted by Gasteiger charge is -2.09. The Hall–Kier alpha value is -0.540. The third-order valence-electron chi connectivity index (χ3n) is 2.43. The number of benzene rings is 1. The second-order valence-corrected chi connectivity index (χ2v) is 6.13. The molecule has 1 atom stereocenters. The lowest BCUT2D eigenvalue weighted by Crippen LogP contribution is -2.13. The van der Waals surface area contributed by atoms with Crippen LogP contribution in [0.2, 0.25) is 9.36 Å². The molecule has 0 bridgehead atoms. The molecule has 90 valence electrons. The van der Waals surface area contributed by atoms with E-state index in [4.69, 9.17) is 23.2 Å². The maximum absolute atomic E-state index is 9.98. The molecule has 0 saturated carbocycles. The van der Waals surface area contributed by atoms with Gasteiger partial charge in [0.15, 0.2) is 0 Å². The van der Waals surface area contributed by atoms with Crippen molar-refractivity contribution >= 4 is 34.5 Å². The van der Waals surface area contributed by atoms with Gasteiger partial charge in [0.1, 0.15) is 0 Å². The maximum Gasteiger partial charge on any atom is 0.0931 e. The van der Waals surface area contributed by atoms with E-state index in [9.17, 15) is 5.11 Å². The second kappa shape index (κ2) is 5.87. The SMILES string of the molecule is OC(Cc1cccc(Cl)c1)Cc1ccc(Cl)s1. The summed E-state index contributed by atoms with van der Waals surface area (Å²) in [6.07, 6.45) is 0.836. The van der Waals surface area contributed by atoms with Gasteiger partial charge < -0.3 is 5.11 Å². The van der Waals surface area contributed by atoms with Crippen LogP contribution in [-0.4, -0.2) is 11.2 Å². The Morgan fingerprint density at radius 2 is 1.94 bits per heavy atom. The summed E-state index contributed by atoms with van der Waals surface area (Å²) in [7, 11) is 0. The van der Waals surface area contributed by atoms with Crippen molar-refractivity contribution in [2.24, 2.45) is 0 Å². The first-order valence-electron chi connectivity index (χ1n) is 5.30. The fourth-order valence-electron chi connectivity index (χ4n) is 1.70. The van der Waals surface area contributed by atoms with Gasteiger partial charge in [-0.05, 0) is 36.2 Å². The van der Waals surface area contributed by atoms with Crippen molar-refractivity contribution in [2.45, 2.75) is 18.9 Å². The van der Waals surface area contributed by atoms with Crippen molar-refractivity contribution in [1.29, 1.82) is 0 Å². The number of rotatable bonds is 4. The molecule has 1 N–H and O–H groups in total. The first kappa shape index (κ1) is 12.9. The van der Waals surface area contributed by atoms with E-state index in [1.165, 1.54) is 11.3 Å². The van der Waals surface area contributed by atoms with E-state index in [1.807, 2.05) is 36.4 Å². The number of aliphatic hydroxyl groups is 1. The normalized spacial score (nSPS) is 12.6. The Balaban J connectivity index is 1.95. The molecule has 1 aromatic carbocycles. The average Bonchev–Trinajstić information content (AvgIpc) is 2.63. The van der Waals surface area contributed by atoms with Crippen molar-refractivity contribution in [1.82, 2.24) is 0 Å². The minimum absolute atomic E-state index is 0.400. The molecule has 0 aliphatic heterocycles. The first-order valence-corrected chi connectivity index (χ1v) is 6.87. The fourth-order valence-corrected chi connectivity index (χ4v) is 3.07. The van der Waals surface area contributed by atoms with Crippen LogP contribution in [0.3, 0.4) is 0 Å². The Bertz CT molecular complexity index is 496. The van der Waals surface area contributed by atoms with Gasteiger partial charge in [0.25, 0.3) is 0 Å². The third kappa shape index (κ3) is 4.00. The maximum atomic E-state index is 9.98. The van der Waals surface area contributed by atoms with Gasteiger partial charge in [0, 0.05) is 16.3 Å². The van der Waals surface area contributed by atoms with Gasteiger partial charge in [-0.25, -0.2) is 0 Å². The Morgan fingerprint density at radius 1 is 1.12 bits per heavy atom. The van der Waals surface area contributed by atoms with Crippen LogP contribution in [0.5, 0.6) is 0 Å². The van der Waals surface area contributed by atoms with Crippen LogP contribution in [-0.2, 0) is 12.8 Å². The average molecular weight is 287 g/mol. The lowest BCUT2D eigenvalue weighted by atomic mass is 10.1. The summed E-state index contributed by atoms with van der Waals surface area (Å²) < 4.78 is 0.759. The Labute approximate surface area is 115 Å². The molecule has 0 amide bonds. The highest BCUT2D eigenvalue weighted by molar-refractivity contribution is 7.16. The molecule has 2 aromatic rings. The molecule has 0 radical (unpaired) electrons. The molecule has 0 aliphatic carbocycles. The number of hydrogen-bond acceptors (Lipinski definition) is 2. The zero-order chi connectivity index (χ0) is 12.3. The largest absolute Gasteiger partial charge is 0.392 e. The highest BCUT2D eigenvalue weighted by Crippen LogP contribution is 2.23. The van der Waals surface area contributed by atoms with Crippen molar-refractivity contribution in [3.63, 3.8) is 0 Å². The minimum atomic E-state index is -0.400. The summed E-state index contributed by atoms with van der Waals surface area (Å²) in [5.74, 6) is 0. The van der Waals surface area contributed by atoms with Gasteiger partial charge in [-0.1, -0.05) is 35.3 Å². The number of halogens is 2. The second-order valence-electron chi connectivity index (χ2n) is 3.90. The molecule has 0 aliphatic rings. The first-order chi connectivity index (χ1) is 8.13. The molecule has 1 aromatic heterocycles. The zero-order valence-corrected chi connectivity index (χ0v) is 11.4. The van der Waals surface area contributed by atoms with E-state index in [0.717, 1.165) is 14.8 Å². The minimum Gasteiger partial charge on any atom is -0.392 e. The van der Waals surface area contributed by atoms with Crippen molar-refractivity contribution in [3.05, 3.63) is 56.2 Å². The molecule has 0 fully saturated rings. The number of aliphatic hydroxyl groups excluding tert-OH is 1. The van der Waals surface area contributed by atoms with E-state index >= 15 is 0 Å². The van der Waals surface area contributed by atoms with Gasteiger partial charge >= 0.3 is 0 Å². The summed E-state index contributed by atoms with van der Waals surface area (Å²) in [5, 5.41) is 10.7. The van der Waals surface area contributed by atoms with Crippen LogP contribution in [0.25, 0.3) is 0 Å². The van der Waals surface area contributed by atoms with Crippen molar-refractivity contribution in [3.8, 4) is 0 Å². The molecule has 4 heteroatoms. The van der Waals surface area contributed by atoms with E-state index in [0.29, 0.717) is 17.9 Å². The summed E-state index contributed by atoms with van der Waals surface area (Å²) in [6, 6.07) is 11.4. The van der Waals surface area contributed by atoms with Crippen LogP contribution in [0, 0.1) is 0 Å². The van der Waals surface area contributed by atoms with Crippen LogP contribution >= 0.6 is 34.5 Å². The molecular formula is C13H12Cl2OS. The van der Waals surface area contributed by atoms with E-state index in [1.54, 1.807) is 0 Å². The molecule has 1 unspecified atom stereocenters. The lowest BCUT2D eigenvalue weighted by molar-refractivity contribution is 0.176. The van der Waals surface area contributed by atoms with Gasteiger partial charge in [-0.15, -0.1) is 11.3 Å². The monoisotopic (exact) mass is 286 g/mol. The summed E-state index contributed by atoms with van der Waals surface area (Å²) >= 11 is 13.2. The summed E-state index contributed by atoms with van der Waals surface area (Å²) in [5.41, 5.74) is 1.05. The zero-order valence-electron chi connectivity index (χ0n) is 9.07. The molecule has 1 nitrogen and oxygen atoms in total. The number of hydrogen-bond donors (Lipinski definition) is 1. The van der Waals surface area contributed by atoms with E-state index in [-0.39, 0.29) is 0 Å². The Kier molecular flexibility index (Phi) is 4.46. The van der Waals surface area contributed by atoms with E-state index in [2.05, 4.69) is 0 Å². The van der Waals surface area contributed by atoms with E-state index < -0.39 is 6.10 Å². The smallest absolute Gasteiger partial charge is 0.0931 e. The molecule has 17 heavy (non-hydrogen) atoms. The predicted octanol–water partition coefficient (Wildman–Crippen LogP) is 4.20. The number of thiophene rings is 1. The molecule has 0 saturated heterocycles. The van der Waals surface area contributed by atoms with Gasteiger partial charge in [-0.3, -0.25) is 0 Å². The standard InChI is InChI=1S/C13H12Cl2OS/c14-10-3-1-2-9(6-10)7-11(16)8-12-4-5-13(15)17-12/h1-6,11,16H,7-8H2. The quantitative estimate of drug-likeness (QED) is 0.893. The third-order valence-corrected chi connectivity index (χ3v) is 3.91. The molecule has 2 rings (SSSR count). The van der Waals surface area contributed by atoms with Crippen LogP contribution in [0.4, 0.5) is 0 Å². The van der Waals surface area contributed by atoms with Crippen molar-refractivity contribution < 1.29 is 5.11 Å². The fraction of sp³-hybridized carbons (Fsp3) is 0.231. The van der Waals surface area contributed by atoms with Crippen LogP contribution < -0.4 is 0 Å². The van der Waals surface area contributed by atoms with Crippen molar-refractivity contribution in [2.75, 3.05) is 0 Å². The predicted molar refractivity (Wildman–Crippen MR) is 74.2 cm³/mol. The van der Waals surface area contributed by atoms with Crippen LogP contribution in [0.15, 0.2) is 36.4 Å². The van der Waals surface area contributed by atoms with Gasteiger partial charge in [-0.2, -0.15) is 0 Å². The molecule has 0 spiro atoms. The topological polar surface area (TPSA) is 20.2 Å². The van der Waals surface area contributed by atoms with Crippen LogP contribution in [0.1, 0.15) is 10.4 Å². The summed E-state index contributed by atoms with van der Waals surface area (Å²) in [4.78, 5) is 1.10. The van der Waals surface area contributed by atoms with Gasteiger partial charge in [0.2, 0.25) is 0 Å². The summed E-state index contributed by atoms with van der Waals surface area (Å²) in [6.45, 7) is 0. The molecule has 1 heterocycles. The highest BCUT2D eigenvalue weighted by atomic mass is 35.5. The Morgan fingerprint density at radius 3 is 2.59 bits per heavy atom. The highest BCUT2D eigenvalue weighted by Gasteiger charge is 2.09. The molecular weight excluding hydrogens is 275 g/mol. The van der Waals surface area contributed by atoms with Gasteiger partial charge in [0.05, 0.1) is 10.4 Å².